The lowest BCUT2D eigenvalue weighted by Crippen LogP contribution is -2.14. The molecule has 0 saturated heterocycles. The molecular formula is C10H5Br2N3O3. The van der Waals surface area contributed by atoms with Gasteiger partial charge in [0.1, 0.15) is 15.5 Å². The normalized spacial score (nSPS) is 10.1. The second kappa shape index (κ2) is 5.40. The monoisotopic (exact) mass is 373 g/mol. The zero-order valence-electron chi connectivity index (χ0n) is 8.68. The molecule has 18 heavy (non-hydrogen) atoms. The maximum absolute atomic E-state index is 11.8. The first kappa shape index (κ1) is 12.9. The predicted octanol–water partition coefficient (Wildman–Crippen LogP) is 2.21. The lowest BCUT2D eigenvalue weighted by molar-refractivity contribution is 0.102. The highest BCUT2D eigenvalue weighted by Gasteiger charge is 2.11. The van der Waals surface area contributed by atoms with E-state index < -0.39 is 11.5 Å². The van der Waals surface area contributed by atoms with Gasteiger partial charge in [0, 0.05) is 6.07 Å². The number of rotatable bonds is 2. The third kappa shape index (κ3) is 3.02. The topological polar surface area (TPSA) is 85.1 Å². The summed E-state index contributed by atoms with van der Waals surface area (Å²) in [7, 11) is 0. The van der Waals surface area contributed by atoms with Crippen molar-refractivity contribution in [1.29, 1.82) is 0 Å². The number of aromatic nitrogens is 2. The van der Waals surface area contributed by atoms with Crippen molar-refractivity contribution in [3.05, 3.63) is 49.8 Å². The molecule has 0 aliphatic rings. The maximum atomic E-state index is 11.8. The molecule has 0 unspecified atom stereocenters. The number of hydrogen-bond donors (Lipinski definition) is 1. The fourth-order valence-electron chi connectivity index (χ4n) is 1.10. The molecule has 92 valence electrons. The minimum absolute atomic E-state index is 0.214. The first-order valence-corrected chi connectivity index (χ1v) is 6.23. The highest BCUT2D eigenvalue weighted by atomic mass is 79.9. The summed E-state index contributed by atoms with van der Waals surface area (Å²) < 4.78 is 5.53. The predicted molar refractivity (Wildman–Crippen MR) is 70.4 cm³/mol. The summed E-state index contributed by atoms with van der Waals surface area (Å²) in [6.07, 6.45) is 2.53. The van der Waals surface area contributed by atoms with Crippen molar-refractivity contribution in [2.24, 2.45) is 0 Å². The zero-order chi connectivity index (χ0) is 13.1. The van der Waals surface area contributed by atoms with E-state index in [1.165, 1.54) is 12.3 Å². The number of carbonyl (C=O) groups is 1. The van der Waals surface area contributed by atoms with Gasteiger partial charge >= 0.3 is 5.63 Å². The van der Waals surface area contributed by atoms with Crippen LogP contribution in [-0.2, 0) is 0 Å². The fraction of sp³-hybridized carbons (Fsp3) is 0. The molecule has 2 aromatic rings. The number of hydrogen-bond acceptors (Lipinski definition) is 5. The lowest BCUT2D eigenvalue weighted by Gasteiger charge is -2.05. The molecule has 1 N–H and O–H groups in total. The Morgan fingerprint density at radius 3 is 2.72 bits per heavy atom. The van der Waals surface area contributed by atoms with Crippen molar-refractivity contribution in [2.75, 3.05) is 5.32 Å². The summed E-state index contributed by atoms with van der Waals surface area (Å²) in [6.45, 7) is 0. The second-order valence-corrected chi connectivity index (χ2v) is 4.69. The number of nitrogens with one attached hydrogen (secondary N) is 1. The quantitative estimate of drug-likeness (QED) is 0.870. The Balaban J connectivity index is 2.21. The minimum atomic E-state index is -0.517. The average molecular weight is 375 g/mol. The molecular weight excluding hydrogens is 370 g/mol. The van der Waals surface area contributed by atoms with Crippen molar-refractivity contribution >= 4 is 43.6 Å². The molecule has 0 aromatic carbocycles. The Morgan fingerprint density at radius 2 is 2.11 bits per heavy atom. The summed E-state index contributed by atoms with van der Waals surface area (Å²) in [5, 5.41) is 2.53. The van der Waals surface area contributed by atoms with Crippen LogP contribution in [0.1, 0.15) is 10.4 Å². The Bertz CT molecular complexity index is 637. The van der Waals surface area contributed by atoms with Crippen molar-refractivity contribution in [3.8, 4) is 0 Å². The number of halogens is 2. The van der Waals surface area contributed by atoms with Crippen molar-refractivity contribution < 1.29 is 9.21 Å². The van der Waals surface area contributed by atoms with E-state index in [0.717, 1.165) is 12.3 Å². The molecule has 0 bridgehead atoms. The molecule has 2 aromatic heterocycles. The van der Waals surface area contributed by atoms with Crippen LogP contribution < -0.4 is 10.9 Å². The highest BCUT2D eigenvalue weighted by Crippen LogP contribution is 2.19. The standard InChI is InChI=1S/C10H5Br2N3O3/c11-6-3-13-9(8(12)14-6)15-10(17)5-1-2-7(16)18-4-5/h1-4H,(H,13,15,17). The van der Waals surface area contributed by atoms with Gasteiger partial charge in [-0.25, -0.2) is 14.8 Å². The van der Waals surface area contributed by atoms with Crippen LogP contribution in [0.5, 0.6) is 0 Å². The smallest absolute Gasteiger partial charge is 0.335 e. The lowest BCUT2D eigenvalue weighted by atomic mass is 10.3. The zero-order valence-corrected chi connectivity index (χ0v) is 11.9. The van der Waals surface area contributed by atoms with Gasteiger partial charge in [-0.3, -0.25) is 4.79 Å². The molecule has 0 saturated carbocycles. The molecule has 2 rings (SSSR count). The van der Waals surface area contributed by atoms with E-state index in [-0.39, 0.29) is 11.4 Å². The van der Waals surface area contributed by atoms with Crippen LogP contribution in [-0.4, -0.2) is 15.9 Å². The van der Waals surface area contributed by atoms with E-state index in [9.17, 15) is 9.59 Å². The third-order valence-corrected chi connectivity index (χ3v) is 2.83. The summed E-state index contributed by atoms with van der Waals surface area (Å²) >= 11 is 6.32. The van der Waals surface area contributed by atoms with E-state index >= 15 is 0 Å². The maximum Gasteiger partial charge on any atom is 0.335 e. The van der Waals surface area contributed by atoms with E-state index in [0.29, 0.717) is 9.21 Å². The van der Waals surface area contributed by atoms with Gasteiger partial charge in [0.25, 0.3) is 5.91 Å². The fourth-order valence-corrected chi connectivity index (χ4v) is 2.01. The number of amides is 1. The first-order valence-electron chi connectivity index (χ1n) is 4.64. The number of nitrogens with zero attached hydrogens (tertiary/aromatic N) is 2. The molecule has 0 atom stereocenters. The van der Waals surface area contributed by atoms with Gasteiger partial charge in [-0.2, -0.15) is 0 Å². The molecule has 0 aliphatic heterocycles. The molecule has 2 heterocycles. The van der Waals surface area contributed by atoms with Gasteiger partial charge in [0.2, 0.25) is 0 Å². The summed E-state index contributed by atoms with van der Waals surface area (Å²) in [6, 6.07) is 2.53. The van der Waals surface area contributed by atoms with Crippen molar-refractivity contribution in [1.82, 2.24) is 9.97 Å². The van der Waals surface area contributed by atoms with Crippen LogP contribution in [0.4, 0.5) is 5.82 Å². The SMILES string of the molecule is O=C(Nc1ncc(Br)nc1Br)c1ccc(=O)oc1. The molecule has 0 spiro atoms. The summed E-state index contributed by atoms with van der Waals surface area (Å²) in [5.41, 5.74) is -0.303. The summed E-state index contributed by atoms with van der Waals surface area (Å²) in [5.74, 6) is -0.175. The number of anilines is 1. The highest BCUT2D eigenvalue weighted by molar-refractivity contribution is 9.11. The van der Waals surface area contributed by atoms with Crippen LogP contribution in [0.15, 0.2) is 43.0 Å². The van der Waals surface area contributed by atoms with E-state index in [1.807, 2.05) is 0 Å². The Labute approximate surface area is 118 Å². The van der Waals surface area contributed by atoms with Crippen LogP contribution in [0.2, 0.25) is 0 Å². The van der Waals surface area contributed by atoms with Gasteiger partial charge in [0.15, 0.2) is 5.82 Å². The van der Waals surface area contributed by atoms with Gasteiger partial charge in [-0.15, -0.1) is 0 Å². The van der Waals surface area contributed by atoms with Gasteiger partial charge in [-0.1, -0.05) is 0 Å². The van der Waals surface area contributed by atoms with Gasteiger partial charge in [0.05, 0.1) is 11.8 Å². The van der Waals surface area contributed by atoms with Crippen LogP contribution in [0.25, 0.3) is 0 Å². The molecule has 0 fully saturated rings. The average Bonchev–Trinajstić information content (AvgIpc) is 2.33. The molecule has 1 amide bonds. The first-order chi connectivity index (χ1) is 8.56. The van der Waals surface area contributed by atoms with Crippen molar-refractivity contribution in [3.63, 3.8) is 0 Å². The van der Waals surface area contributed by atoms with Gasteiger partial charge < -0.3 is 9.73 Å². The van der Waals surface area contributed by atoms with Crippen LogP contribution >= 0.6 is 31.9 Å². The Morgan fingerprint density at radius 1 is 1.33 bits per heavy atom. The minimum Gasteiger partial charge on any atom is -0.430 e. The molecule has 0 aliphatic carbocycles. The van der Waals surface area contributed by atoms with Gasteiger partial charge in [-0.05, 0) is 37.9 Å². The Kier molecular flexibility index (Phi) is 3.87. The van der Waals surface area contributed by atoms with Crippen molar-refractivity contribution in [2.45, 2.75) is 0 Å². The van der Waals surface area contributed by atoms with E-state index in [1.54, 1.807) is 0 Å². The Hall–Kier alpha value is -1.54. The van der Waals surface area contributed by atoms with E-state index in [4.69, 9.17) is 0 Å². The molecule has 8 heteroatoms. The van der Waals surface area contributed by atoms with Crippen LogP contribution in [0, 0.1) is 0 Å². The molecule has 6 nitrogen and oxygen atoms in total. The largest absolute Gasteiger partial charge is 0.430 e. The summed E-state index contributed by atoms with van der Waals surface area (Å²) in [4.78, 5) is 30.5. The molecule has 0 radical (unpaired) electrons. The third-order valence-electron chi connectivity index (χ3n) is 1.90. The van der Waals surface area contributed by atoms with Crippen LogP contribution in [0.3, 0.4) is 0 Å². The van der Waals surface area contributed by atoms with E-state index in [2.05, 4.69) is 51.6 Å². The second-order valence-electron chi connectivity index (χ2n) is 3.13. The number of carbonyl (C=O) groups excluding carboxylic acids is 1.